The molecule has 2 aliphatic rings. The summed E-state index contributed by atoms with van der Waals surface area (Å²) >= 11 is 0.234. The zero-order valence-corrected chi connectivity index (χ0v) is 18.0. The SMILES string of the molecule is Cc1cccc(Cn2cc(/C=C3/C(=N)N4N=C(C(F)(F)F)SC4=NC3=O)c3ccccc32)c1. The van der Waals surface area contributed by atoms with Crippen molar-refractivity contribution in [3.8, 4) is 0 Å². The summed E-state index contributed by atoms with van der Waals surface area (Å²) in [6, 6.07) is 15.7. The van der Waals surface area contributed by atoms with E-state index in [1.165, 1.54) is 6.08 Å². The molecule has 0 bridgehead atoms. The molecule has 0 fully saturated rings. The number of hydrazone groups is 1. The minimum atomic E-state index is -4.68. The predicted molar refractivity (Wildman–Crippen MR) is 123 cm³/mol. The first kappa shape index (κ1) is 21.2. The number of amides is 1. The number of hydrogen-bond acceptors (Lipinski definition) is 4. The maximum atomic E-state index is 13.0. The van der Waals surface area contributed by atoms with Gasteiger partial charge in [0.15, 0.2) is 5.84 Å². The molecule has 0 aliphatic carbocycles. The minimum Gasteiger partial charge on any atom is -0.342 e. The van der Waals surface area contributed by atoms with E-state index in [0.29, 0.717) is 12.1 Å². The highest BCUT2D eigenvalue weighted by molar-refractivity contribution is 8.27. The lowest BCUT2D eigenvalue weighted by molar-refractivity contribution is -0.114. The van der Waals surface area contributed by atoms with Gasteiger partial charge in [0.2, 0.25) is 10.2 Å². The molecule has 6 nitrogen and oxygen atoms in total. The number of carbonyl (C=O) groups excluding carboxylic acids is 1. The quantitative estimate of drug-likeness (QED) is 0.540. The van der Waals surface area contributed by atoms with Gasteiger partial charge in [0.25, 0.3) is 5.91 Å². The van der Waals surface area contributed by atoms with Crippen LogP contribution in [0.15, 0.2) is 70.4 Å². The summed E-state index contributed by atoms with van der Waals surface area (Å²) in [4.78, 5) is 16.3. The number of alkyl halides is 3. The van der Waals surface area contributed by atoms with Gasteiger partial charge >= 0.3 is 6.18 Å². The van der Waals surface area contributed by atoms with Crippen LogP contribution in [-0.2, 0) is 11.3 Å². The molecule has 2 aromatic carbocycles. The average Bonchev–Trinajstić information content (AvgIpc) is 3.34. The number of nitrogens with zero attached hydrogens (tertiary/aromatic N) is 4. The Morgan fingerprint density at radius 3 is 2.70 bits per heavy atom. The first-order valence-electron chi connectivity index (χ1n) is 9.91. The highest BCUT2D eigenvalue weighted by atomic mass is 32.2. The van der Waals surface area contributed by atoms with Crippen molar-refractivity contribution in [1.82, 2.24) is 9.58 Å². The van der Waals surface area contributed by atoms with Crippen LogP contribution in [0.25, 0.3) is 17.0 Å². The van der Waals surface area contributed by atoms with Crippen LogP contribution in [0.3, 0.4) is 0 Å². The molecule has 166 valence electrons. The highest BCUT2D eigenvalue weighted by Crippen LogP contribution is 2.35. The summed E-state index contributed by atoms with van der Waals surface area (Å²) in [7, 11) is 0. The van der Waals surface area contributed by atoms with Crippen LogP contribution in [0, 0.1) is 12.3 Å². The van der Waals surface area contributed by atoms with Gasteiger partial charge in [-0.05, 0) is 36.4 Å². The fourth-order valence-corrected chi connectivity index (χ4v) is 4.55. The van der Waals surface area contributed by atoms with E-state index in [-0.39, 0.29) is 22.5 Å². The lowest BCUT2D eigenvalue weighted by Crippen LogP contribution is -2.35. The number of aliphatic imine (C=N–C) groups is 1. The van der Waals surface area contributed by atoms with Gasteiger partial charge in [-0.15, -0.1) is 0 Å². The van der Waals surface area contributed by atoms with E-state index < -0.39 is 23.0 Å². The van der Waals surface area contributed by atoms with Crippen LogP contribution in [0.2, 0.25) is 0 Å². The summed E-state index contributed by atoms with van der Waals surface area (Å²) in [5.74, 6) is -1.21. The fourth-order valence-electron chi connectivity index (χ4n) is 3.79. The number of fused-ring (bicyclic) bond motifs is 2. The summed E-state index contributed by atoms with van der Waals surface area (Å²) in [5.41, 5.74) is 3.72. The third kappa shape index (κ3) is 3.86. The number of aryl methyl sites for hydroxylation is 1. The number of para-hydroxylation sites is 1. The van der Waals surface area contributed by atoms with Crippen LogP contribution in [-0.4, -0.2) is 37.7 Å². The summed E-state index contributed by atoms with van der Waals surface area (Å²) in [6.07, 6.45) is -1.32. The standard InChI is InChI=1S/C23H16F3N5OS/c1-13-5-4-6-14(9-13)11-30-12-15(16-7-2-3-8-18(16)30)10-17-19(27)31-22(28-20(17)32)33-21(29-31)23(24,25)26/h2-10,12,27H,11H2,1H3/b17-10-,27-19?. The second-order valence-corrected chi connectivity index (χ2v) is 8.60. The van der Waals surface area contributed by atoms with Crippen molar-refractivity contribution < 1.29 is 18.0 Å². The molecular formula is C23H16F3N5OS. The molecule has 1 aromatic heterocycles. The van der Waals surface area contributed by atoms with E-state index in [0.717, 1.165) is 27.0 Å². The van der Waals surface area contributed by atoms with Gasteiger partial charge < -0.3 is 4.57 Å². The molecule has 0 saturated carbocycles. The third-order valence-electron chi connectivity index (χ3n) is 5.25. The number of carbonyl (C=O) groups is 1. The maximum Gasteiger partial charge on any atom is 0.441 e. The molecule has 1 amide bonds. The monoisotopic (exact) mass is 467 g/mol. The number of amidine groups is 2. The van der Waals surface area contributed by atoms with Gasteiger partial charge in [-0.2, -0.15) is 28.3 Å². The van der Waals surface area contributed by atoms with Crippen LogP contribution < -0.4 is 0 Å². The Bertz CT molecular complexity index is 1420. The maximum absolute atomic E-state index is 13.0. The largest absolute Gasteiger partial charge is 0.441 e. The molecule has 33 heavy (non-hydrogen) atoms. The van der Waals surface area contributed by atoms with Crippen LogP contribution in [0.5, 0.6) is 0 Å². The van der Waals surface area contributed by atoms with Gasteiger partial charge in [-0.3, -0.25) is 10.2 Å². The Morgan fingerprint density at radius 1 is 1.15 bits per heavy atom. The molecule has 0 radical (unpaired) electrons. The molecule has 2 aliphatic heterocycles. The van der Waals surface area contributed by atoms with Crippen molar-refractivity contribution >= 4 is 50.7 Å². The second-order valence-electron chi connectivity index (χ2n) is 7.64. The lowest BCUT2D eigenvalue weighted by atomic mass is 10.1. The van der Waals surface area contributed by atoms with Crippen molar-refractivity contribution in [2.45, 2.75) is 19.6 Å². The van der Waals surface area contributed by atoms with Crippen LogP contribution in [0.1, 0.15) is 16.7 Å². The number of rotatable bonds is 3. The Balaban J connectivity index is 1.55. The molecule has 5 rings (SSSR count). The number of aromatic nitrogens is 1. The van der Waals surface area contributed by atoms with E-state index >= 15 is 0 Å². The van der Waals surface area contributed by atoms with Gasteiger partial charge in [-0.25, -0.2) is 0 Å². The van der Waals surface area contributed by atoms with Crippen molar-refractivity contribution in [2.75, 3.05) is 0 Å². The number of hydrogen-bond donors (Lipinski definition) is 1. The molecule has 3 heterocycles. The van der Waals surface area contributed by atoms with Crippen LogP contribution >= 0.6 is 11.8 Å². The van der Waals surface area contributed by atoms with Gasteiger partial charge in [-0.1, -0.05) is 48.0 Å². The first-order valence-corrected chi connectivity index (χ1v) is 10.7. The summed E-state index contributed by atoms with van der Waals surface area (Å²) in [6.45, 7) is 2.62. The van der Waals surface area contributed by atoms with E-state index in [9.17, 15) is 18.0 Å². The third-order valence-corrected chi connectivity index (χ3v) is 6.20. The van der Waals surface area contributed by atoms with Gasteiger partial charge in [0.1, 0.15) is 0 Å². The Labute approximate surface area is 190 Å². The zero-order valence-electron chi connectivity index (χ0n) is 17.2. The minimum absolute atomic E-state index is 0.120. The smallest absolute Gasteiger partial charge is 0.342 e. The predicted octanol–water partition coefficient (Wildman–Crippen LogP) is 5.18. The Kier molecular flexibility index (Phi) is 4.97. The molecule has 3 aromatic rings. The van der Waals surface area contributed by atoms with Crippen molar-refractivity contribution in [1.29, 1.82) is 5.41 Å². The second kappa shape index (κ2) is 7.73. The molecular weight excluding hydrogens is 451 g/mol. The summed E-state index contributed by atoms with van der Waals surface area (Å²) in [5, 5.41) is 12.0. The average molecular weight is 467 g/mol. The summed E-state index contributed by atoms with van der Waals surface area (Å²) < 4.78 is 41.2. The Hall–Kier alpha value is -3.66. The molecule has 0 atom stereocenters. The normalized spacial score (nSPS) is 17.6. The fraction of sp³-hybridized carbons (Fsp3) is 0.130. The zero-order chi connectivity index (χ0) is 23.3. The molecule has 1 N–H and O–H groups in total. The van der Waals surface area contributed by atoms with E-state index in [1.54, 1.807) is 0 Å². The van der Waals surface area contributed by atoms with Crippen molar-refractivity contribution in [2.24, 2.45) is 10.1 Å². The Morgan fingerprint density at radius 2 is 1.94 bits per heavy atom. The molecule has 0 unspecified atom stereocenters. The van der Waals surface area contributed by atoms with Gasteiger partial charge in [0, 0.05) is 29.2 Å². The topological polar surface area (TPSA) is 73.8 Å². The van der Waals surface area contributed by atoms with Crippen molar-refractivity contribution in [3.05, 3.63) is 77.0 Å². The first-order chi connectivity index (χ1) is 15.7. The van der Waals surface area contributed by atoms with Crippen LogP contribution in [0.4, 0.5) is 13.2 Å². The molecule has 0 spiro atoms. The van der Waals surface area contributed by atoms with E-state index in [1.807, 2.05) is 60.2 Å². The molecule has 10 heteroatoms. The van der Waals surface area contributed by atoms with Gasteiger partial charge in [0.05, 0.1) is 5.57 Å². The number of halogens is 3. The van der Waals surface area contributed by atoms with E-state index in [4.69, 9.17) is 5.41 Å². The highest BCUT2D eigenvalue weighted by Gasteiger charge is 2.46. The number of nitrogens with one attached hydrogen (secondary N) is 1. The number of thioether (sulfide) groups is 1. The molecule has 0 saturated heterocycles. The lowest BCUT2D eigenvalue weighted by Gasteiger charge is -2.20. The van der Waals surface area contributed by atoms with E-state index in [2.05, 4.69) is 16.2 Å². The van der Waals surface area contributed by atoms with Crippen molar-refractivity contribution in [3.63, 3.8) is 0 Å². The number of benzene rings is 2.